The Morgan fingerprint density at radius 1 is 1.38 bits per heavy atom. The number of thioether (sulfide) groups is 1. The number of amides is 1. The van der Waals surface area contributed by atoms with Gasteiger partial charge >= 0.3 is 0 Å². The molecule has 0 aliphatic heterocycles. The zero-order valence-corrected chi connectivity index (χ0v) is 16.8. The van der Waals surface area contributed by atoms with Crippen LogP contribution in [0.3, 0.4) is 0 Å². The van der Waals surface area contributed by atoms with E-state index in [0.717, 1.165) is 16.3 Å². The van der Waals surface area contributed by atoms with Crippen molar-refractivity contribution in [2.45, 2.75) is 37.7 Å². The second-order valence-corrected chi connectivity index (χ2v) is 8.42. The minimum Gasteiger partial charge on any atom is -0.416 e. The highest BCUT2D eigenvalue weighted by molar-refractivity contribution is 8.00. The summed E-state index contributed by atoms with van der Waals surface area (Å²) in [4.78, 5) is 16.8. The number of thiazole rings is 1. The van der Waals surface area contributed by atoms with Crippen molar-refractivity contribution in [3.05, 3.63) is 50.8 Å². The molecule has 2 heterocycles. The molecule has 1 atom stereocenters. The number of rotatable bonds is 6. The zero-order chi connectivity index (χ0) is 18.7. The van der Waals surface area contributed by atoms with Crippen molar-refractivity contribution < 1.29 is 9.21 Å². The number of hydrogen-bond donors (Lipinski definition) is 1. The molecule has 136 valence electrons. The summed E-state index contributed by atoms with van der Waals surface area (Å²) in [6.45, 7) is 5.60. The molecule has 3 aromatic rings. The maximum Gasteiger partial charge on any atom is 0.277 e. The predicted molar refractivity (Wildman–Crippen MR) is 104 cm³/mol. The molecule has 9 heteroatoms. The number of halogens is 1. The van der Waals surface area contributed by atoms with Gasteiger partial charge in [0.25, 0.3) is 5.22 Å². The van der Waals surface area contributed by atoms with Crippen LogP contribution in [0.4, 0.5) is 5.69 Å². The Hall–Kier alpha value is -1.90. The summed E-state index contributed by atoms with van der Waals surface area (Å²) in [6.07, 6.45) is 0.486. The van der Waals surface area contributed by atoms with E-state index in [4.69, 9.17) is 16.0 Å². The van der Waals surface area contributed by atoms with Crippen molar-refractivity contribution >= 4 is 46.3 Å². The van der Waals surface area contributed by atoms with E-state index in [9.17, 15) is 4.79 Å². The van der Waals surface area contributed by atoms with Gasteiger partial charge in [-0.25, -0.2) is 4.98 Å². The number of aryl methyl sites for hydroxylation is 1. The fourth-order valence-electron chi connectivity index (χ4n) is 2.18. The van der Waals surface area contributed by atoms with Crippen LogP contribution in [-0.2, 0) is 11.2 Å². The predicted octanol–water partition coefficient (Wildman–Crippen LogP) is 4.51. The molecule has 3 rings (SSSR count). The van der Waals surface area contributed by atoms with E-state index in [-0.39, 0.29) is 5.91 Å². The fraction of sp³-hybridized carbons (Fsp3) is 0.294. The third-order valence-corrected chi connectivity index (χ3v) is 5.79. The Bertz CT molecular complexity index is 925. The van der Waals surface area contributed by atoms with Gasteiger partial charge < -0.3 is 9.73 Å². The van der Waals surface area contributed by atoms with Gasteiger partial charge in [-0.1, -0.05) is 29.4 Å². The SMILES string of the molecule is Cc1nc(Cc2nnc(S[C@@H](C)C(=O)Nc3cccc(Cl)c3C)o2)cs1. The lowest BCUT2D eigenvalue weighted by Crippen LogP contribution is -2.22. The number of benzene rings is 1. The standard InChI is InChI=1S/C17H17ClN4O2S2/c1-9-13(18)5-4-6-14(9)20-16(23)10(2)26-17-22-21-15(24-17)7-12-8-25-11(3)19-12/h4-6,8,10H,7H2,1-3H3,(H,20,23)/t10-/m0/s1. The number of nitrogens with one attached hydrogen (secondary N) is 1. The van der Waals surface area contributed by atoms with E-state index >= 15 is 0 Å². The first kappa shape index (κ1) is 18.9. The second kappa shape index (κ2) is 8.20. The zero-order valence-electron chi connectivity index (χ0n) is 14.4. The topological polar surface area (TPSA) is 80.9 Å². The molecule has 0 saturated carbocycles. The molecular formula is C17H17ClN4O2S2. The maximum atomic E-state index is 12.4. The summed E-state index contributed by atoms with van der Waals surface area (Å²) >= 11 is 8.88. The Morgan fingerprint density at radius 2 is 2.19 bits per heavy atom. The quantitative estimate of drug-likeness (QED) is 0.604. The van der Waals surface area contributed by atoms with Crippen molar-refractivity contribution in [2.24, 2.45) is 0 Å². The molecule has 1 N–H and O–H groups in total. The number of aromatic nitrogens is 3. The van der Waals surface area contributed by atoms with Crippen LogP contribution in [0.5, 0.6) is 0 Å². The summed E-state index contributed by atoms with van der Waals surface area (Å²) in [5.74, 6) is 0.325. The van der Waals surface area contributed by atoms with Crippen LogP contribution in [0, 0.1) is 13.8 Å². The molecule has 0 bridgehead atoms. The monoisotopic (exact) mass is 408 g/mol. The van der Waals surface area contributed by atoms with Gasteiger partial charge in [0.2, 0.25) is 11.8 Å². The molecular weight excluding hydrogens is 392 g/mol. The molecule has 0 unspecified atom stereocenters. The summed E-state index contributed by atoms with van der Waals surface area (Å²) in [5, 5.41) is 14.4. The fourth-order valence-corrected chi connectivity index (χ4v) is 3.67. The van der Waals surface area contributed by atoms with Gasteiger partial charge in [0, 0.05) is 16.1 Å². The largest absolute Gasteiger partial charge is 0.416 e. The Labute approximate surface area is 164 Å². The van der Waals surface area contributed by atoms with Gasteiger partial charge in [-0.15, -0.1) is 21.5 Å². The third-order valence-electron chi connectivity index (χ3n) is 3.62. The van der Waals surface area contributed by atoms with Crippen molar-refractivity contribution in [1.82, 2.24) is 15.2 Å². The molecule has 26 heavy (non-hydrogen) atoms. The molecule has 1 aromatic carbocycles. The number of carbonyl (C=O) groups excluding carboxylic acids is 1. The molecule has 0 radical (unpaired) electrons. The summed E-state index contributed by atoms with van der Waals surface area (Å²) in [5.41, 5.74) is 2.42. The van der Waals surface area contributed by atoms with E-state index in [0.29, 0.717) is 28.2 Å². The number of carbonyl (C=O) groups is 1. The van der Waals surface area contributed by atoms with Gasteiger partial charge in [-0.2, -0.15) is 0 Å². The highest BCUT2D eigenvalue weighted by Gasteiger charge is 2.19. The minimum absolute atomic E-state index is 0.157. The van der Waals surface area contributed by atoms with Crippen molar-refractivity contribution in [2.75, 3.05) is 5.32 Å². The van der Waals surface area contributed by atoms with E-state index in [1.165, 1.54) is 11.8 Å². The van der Waals surface area contributed by atoms with Crippen molar-refractivity contribution in [3.8, 4) is 0 Å². The van der Waals surface area contributed by atoms with Gasteiger partial charge in [-0.05, 0) is 38.5 Å². The number of hydrogen-bond acceptors (Lipinski definition) is 7. The van der Waals surface area contributed by atoms with Crippen molar-refractivity contribution in [1.29, 1.82) is 0 Å². The van der Waals surface area contributed by atoms with E-state index < -0.39 is 5.25 Å². The van der Waals surface area contributed by atoms with Crippen LogP contribution in [0.1, 0.15) is 29.1 Å². The van der Waals surface area contributed by atoms with E-state index in [1.807, 2.05) is 25.3 Å². The van der Waals surface area contributed by atoms with E-state index in [2.05, 4.69) is 20.5 Å². The highest BCUT2D eigenvalue weighted by Crippen LogP contribution is 2.26. The van der Waals surface area contributed by atoms with E-state index in [1.54, 1.807) is 30.4 Å². The Morgan fingerprint density at radius 3 is 2.92 bits per heavy atom. The minimum atomic E-state index is -0.400. The molecule has 0 fully saturated rings. The van der Waals surface area contributed by atoms with Crippen LogP contribution in [-0.4, -0.2) is 26.3 Å². The Balaban J connectivity index is 1.60. The summed E-state index contributed by atoms with van der Waals surface area (Å²) in [6, 6.07) is 5.40. The van der Waals surface area contributed by atoms with Gasteiger partial charge in [0.15, 0.2) is 0 Å². The summed E-state index contributed by atoms with van der Waals surface area (Å²) in [7, 11) is 0. The maximum absolute atomic E-state index is 12.4. The van der Waals surface area contributed by atoms with Crippen LogP contribution in [0.25, 0.3) is 0 Å². The lowest BCUT2D eigenvalue weighted by atomic mass is 10.2. The molecule has 0 spiro atoms. The molecule has 2 aromatic heterocycles. The average molecular weight is 409 g/mol. The van der Waals surface area contributed by atoms with Crippen molar-refractivity contribution in [3.63, 3.8) is 0 Å². The number of anilines is 1. The summed E-state index contributed by atoms with van der Waals surface area (Å²) < 4.78 is 5.61. The van der Waals surface area contributed by atoms with Gasteiger partial charge in [0.1, 0.15) is 0 Å². The highest BCUT2D eigenvalue weighted by atomic mass is 35.5. The lowest BCUT2D eigenvalue weighted by molar-refractivity contribution is -0.115. The third kappa shape index (κ3) is 4.63. The molecule has 0 aliphatic carbocycles. The first-order valence-corrected chi connectivity index (χ1v) is 10.0. The first-order chi connectivity index (χ1) is 12.4. The second-order valence-electron chi connectivity index (χ2n) is 5.66. The van der Waals surface area contributed by atoms with Crippen LogP contribution in [0.2, 0.25) is 5.02 Å². The smallest absolute Gasteiger partial charge is 0.277 e. The average Bonchev–Trinajstić information content (AvgIpc) is 3.21. The Kier molecular flexibility index (Phi) is 5.95. The van der Waals surface area contributed by atoms with Crippen LogP contribution in [0.15, 0.2) is 33.2 Å². The normalized spacial score (nSPS) is 12.2. The van der Waals surface area contributed by atoms with Crippen LogP contribution < -0.4 is 5.32 Å². The lowest BCUT2D eigenvalue weighted by Gasteiger charge is -2.12. The van der Waals surface area contributed by atoms with Gasteiger partial charge in [-0.3, -0.25) is 4.79 Å². The molecule has 0 saturated heterocycles. The molecule has 0 aliphatic rings. The number of nitrogens with zero attached hydrogens (tertiary/aromatic N) is 3. The van der Waals surface area contributed by atoms with Gasteiger partial charge in [0.05, 0.1) is 22.4 Å². The first-order valence-electron chi connectivity index (χ1n) is 7.88. The molecule has 1 amide bonds. The van der Waals surface area contributed by atoms with Crippen LogP contribution >= 0.6 is 34.7 Å². The molecule has 6 nitrogen and oxygen atoms in total.